The molecule has 1 aliphatic carbocycles. The minimum atomic E-state index is -0.476. The number of rotatable bonds is 6. The van der Waals surface area contributed by atoms with Crippen molar-refractivity contribution in [1.29, 1.82) is 0 Å². The largest absolute Gasteiger partial charge is 0.346 e. The van der Waals surface area contributed by atoms with E-state index in [0.29, 0.717) is 11.6 Å². The number of carbonyl (C=O) groups is 1. The third-order valence-electron chi connectivity index (χ3n) is 5.53. The van der Waals surface area contributed by atoms with Gasteiger partial charge in [-0.1, -0.05) is 18.9 Å². The highest BCUT2D eigenvalue weighted by Crippen LogP contribution is 2.33. The maximum absolute atomic E-state index is 12.5. The molecule has 0 atom stereocenters. The highest BCUT2D eigenvalue weighted by atomic mass is 16.6. The third kappa shape index (κ3) is 4.07. The monoisotopic (exact) mass is 405 g/mol. The van der Waals surface area contributed by atoms with Crippen molar-refractivity contribution in [3.05, 3.63) is 75.7 Å². The molecule has 2 aromatic heterocycles. The summed E-state index contributed by atoms with van der Waals surface area (Å²) >= 11 is 0. The molecule has 0 bridgehead atoms. The molecule has 154 valence electrons. The summed E-state index contributed by atoms with van der Waals surface area (Å²) in [5, 5.41) is 18.7. The Balaban J connectivity index is 1.54. The van der Waals surface area contributed by atoms with E-state index in [0.717, 1.165) is 29.8 Å². The van der Waals surface area contributed by atoms with Gasteiger partial charge in [-0.3, -0.25) is 24.6 Å². The topological polar surface area (TPSA) is 103 Å². The van der Waals surface area contributed by atoms with Crippen molar-refractivity contribution < 1.29 is 9.72 Å². The molecule has 0 spiro atoms. The number of carbonyl (C=O) groups excluding carboxylic acids is 1. The summed E-state index contributed by atoms with van der Waals surface area (Å²) in [5.74, 6) is -0.362. The number of nitro benzene ring substituents is 1. The van der Waals surface area contributed by atoms with E-state index in [1.807, 2.05) is 18.2 Å². The number of hydrogen-bond donors (Lipinski definition) is 1. The second-order valence-electron chi connectivity index (χ2n) is 7.58. The molecule has 1 N–H and O–H groups in total. The Hall–Kier alpha value is -3.55. The van der Waals surface area contributed by atoms with E-state index < -0.39 is 4.92 Å². The molecular weight excluding hydrogens is 382 g/mol. The second-order valence-corrected chi connectivity index (χ2v) is 7.58. The van der Waals surface area contributed by atoms with Crippen LogP contribution in [-0.4, -0.2) is 25.6 Å². The molecule has 4 rings (SSSR count). The van der Waals surface area contributed by atoms with Crippen LogP contribution in [0.3, 0.4) is 0 Å². The molecule has 30 heavy (non-hydrogen) atoms. The lowest BCUT2D eigenvalue weighted by molar-refractivity contribution is -0.385. The molecule has 0 radical (unpaired) electrons. The van der Waals surface area contributed by atoms with Gasteiger partial charge in [-0.2, -0.15) is 5.10 Å². The first kappa shape index (κ1) is 19.8. The SMILES string of the molecule is Cc1ccc(C(=O)NCc2cc(-c3ccncc3)n(C3CCCC3)n2)cc1[N+](=O)[O-]. The normalized spacial score (nSPS) is 14.0. The lowest BCUT2D eigenvalue weighted by Gasteiger charge is -2.14. The highest BCUT2D eigenvalue weighted by Gasteiger charge is 2.22. The summed E-state index contributed by atoms with van der Waals surface area (Å²) in [6, 6.07) is 10.8. The standard InChI is InChI=1S/C22H23N5O3/c1-15-6-7-17(12-20(15)27(29)30)22(28)24-14-18-13-21(16-8-10-23-11-9-16)26(25-18)19-4-2-3-5-19/h6-13,19H,2-5,14H2,1H3,(H,24,28). The predicted octanol–water partition coefficient (Wildman–Crippen LogP) is 4.21. The van der Waals surface area contributed by atoms with Crippen LogP contribution in [0.15, 0.2) is 48.8 Å². The molecule has 2 heterocycles. The Morgan fingerprint density at radius 1 is 1.20 bits per heavy atom. The van der Waals surface area contributed by atoms with E-state index in [2.05, 4.69) is 15.0 Å². The first-order valence-corrected chi connectivity index (χ1v) is 10.0. The van der Waals surface area contributed by atoms with Crippen LogP contribution >= 0.6 is 0 Å². The van der Waals surface area contributed by atoms with Gasteiger partial charge in [0.1, 0.15) is 0 Å². The average Bonchev–Trinajstić information content (AvgIpc) is 3.42. The maximum Gasteiger partial charge on any atom is 0.273 e. The molecule has 0 saturated heterocycles. The predicted molar refractivity (Wildman–Crippen MR) is 112 cm³/mol. The van der Waals surface area contributed by atoms with Crippen molar-refractivity contribution in [1.82, 2.24) is 20.1 Å². The molecule has 1 amide bonds. The number of pyridine rings is 1. The molecule has 1 aliphatic rings. The van der Waals surface area contributed by atoms with Crippen LogP contribution in [0.25, 0.3) is 11.3 Å². The van der Waals surface area contributed by atoms with Gasteiger partial charge in [-0.05, 0) is 44.0 Å². The van der Waals surface area contributed by atoms with Crippen molar-refractivity contribution in [2.24, 2.45) is 0 Å². The molecule has 1 fully saturated rings. The number of aromatic nitrogens is 3. The Bertz CT molecular complexity index is 1070. The summed E-state index contributed by atoms with van der Waals surface area (Å²) in [4.78, 5) is 27.3. The quantitative estimate of drug-likeness (QED) is 0.489. The van der Waals surface area contributed by atoms with E-state index in [1.165, 1.54) is 18.9 Å². The molecule has 0 unspecified atom stereocenters. The van der Waals surface area contributed by atoms with Gasteiger partial charge in [-0.15, -0.1) is 0 Å². The lowest BCUT2D eigenvalue weighted by Crippen LogP contribution is -2.23. The fourth-order valence-corrected chi connectivity index (χ4v) is 3.92. The van der Waals surface area contributed by atoms with Gasteiger partial charge in [0.2, 0.25) is 0 Å². The van der Waals surface area contributed by atoms with Gasteiger partial charge in [-0.25, -0.2) is 0 Å². The number of nitro groups is 1. The van der Waals surface area contributed by atoms with Crippen LogP contribution in [0.2, 0.25) is 0 Å². The molecule has 1 saturated carbocycles. The lowest BCUT2D eigenvalue weighted by atomic mass is 10.1. The van der Waals surface area contributed by atoms with Crippen LogP contribution in [0.4, 0.5) is 5.69 Å². The third-order valence-corrected chi connectivity index (χ3v) is 5.53. The Labute approximate surface area is 174 Å². The highest BCUT2D eigenvalue weighted by molar-refractivity contribution is 5.94. The smallest absolute Gasteiger partial charge is 0.273 e. The number of hydrogen-bond acceptors (Lipinski definition) is 5. The average molecular weight is 405 g/mol. The van der Waals surface area contributed by atoms with Crippen molar-refractivity contribution in [2.75, 3.05) is 0 Å². The number of amides is 1. The van der Waals surface area contributed by atoms with Crippen molar-refractivity contribution in [3.63, 3.8) is 0 Å². The van der Waals surface area contributed by atoms with Gasteiger partial charge >= 0.3 is 0 Å². The maximum atomic E-state index is 12.5. The molecular formula is C22H23N5O3. The first-order chi connectivity index (χ1) is 14.5. The van der Waals surface area contributed by atoms with Crippen LogP contribution < -0.4 is 5.32 Å². The zero-order valence-corrected chi connectivity index (χ0v) is 16.7. The summed E-state index contributed by atoms with van der Waals surface area (Å²) in [6.45, 7) is 1.90. The van der Waals surface area contributed by atoms with Crippen molar-refractivity contribution in [2.45, 2.75) is 45.2 Å². The van der Waals surface area contributed by atoms with E-state index in [4.69, 9.17) is 5.10 Å². The van der Waals surface area contributed by atoms with Gasteiger partial charge in [0.15, 0.2) is 0 Å². The van der Waals surface area contributed by atoms with Crippen LogP contribution in [-0.2, 0) is 6.54 Å². The summed E-state index contributed by atoms with van der Waals surface area (Å²) in [5.41, 5.74) is 3.53. The van der Waals surface area contributed by atoms with Crippen molar-refractivity contribution in [3.8, 4) is 11.3 Å². The fourth-order valence-electron chi connectivity index (χ4n) is 3.92. The number of nitrogens with one attached hydrogen (secondary N) is 1. The molecule has 8 heteroatoms. The van der Waals surface area contributed by atoms with Gasteiger partial charge in [0.05, 0.1) is 28.9 Å². The number of nitrogens with zero attached hydrogens (tertiary/aromatic N) is 4. The molecule has 3 aromatic rings. The van der Waals surface area contributed by atoms with Gasteiger partial charge < -0.3 is 5.32 Å². The minimum Gasteiger partial charge on any atom is -0.346 e. The van der Waals surface area contributed by atoms with Crippen molar-refractivity contribution >= 4 is 11.6 Å². The number of benzene rings is 1. The number of aryl methyl sites for hydroxylation is 1. The summed E-state index contributed by atoms with van der Waals surface area (Å²) in [7, 11) is 0. The molecule has 8 nitrogen and oxygen atoms in total. The summed E-state index contributed by atoms with van der Waals surface area (Å²) in [6.07, 6.45) is 8.09. The van der Waals surface area contributed by atoms with E-state index in [9.17, 15) is 14.9 Å². The van der Waals surface area contributed by atoms with Gasteiger partial charge in [0, 0.05) is 35.2 Å². The Morgan fingerprint density at radius 3 is 2.63 bits per heavy atom. The Morgan fingerprint density at radius 2 is 1.93 bits per heavy atom. The first-order valence-electron chi connectivity index (χ1n) is 10.0. The minimum absolute atomic E-state index is 0.0619. The summed E-state index contributed by atoms with van der Waals surface area (Å²) < 4.78 is 2.07. The Kier molecular flexibility index (Phi) is 5.56. The van der Waals surface area contributed by atoms with Crippen LogP contribution in [0.1, 0.15) is 53.3 Å². The zero-order chi connectivity index (χ0) is 21.1. The van der Waals surface area contributed by atoms with Crippen LogP contribution in [0.5, 0.6) is 0 Å². The van der Waals surface area contributed by atoms with E-state index >= 15 is 0 Å². The fraction of sp³-hybridized carbons (Fsp3) is 0.318. The van der Waals surface area contributed by atoms with E-state index in [-0.39, 0.29) is 23.7 Å². The van der Waals surface area contributed by atoms with E-state index in [1.54, 1.807) is 31.5 Å². The second kappa shape index (κ2) is 8.44. The van der Waals surface area contributed by atoms with Crippen LogP contribution in [0, 0.1) is 17.0 Å². The van der Waals surface area contributed by atoms with Gasteiger partial charge in [0.25, 0.3) is 11.6 Å². The molecule has 1 aromatic carbocycles. The molecule has 0 aliphatic heterocycles. The zero-order valence-electron chi connectivity index (χ0n) is 16.7.